The molecule has 24 heavy (non-hydrogen) atoms. The Morgan fingerprint density at radius 1 is 1.21 bits per heavy atom. The van der Waals surface area contributed by atoms with Gasteiger partial charge in [0.2, 0.25) is 0 Å². The largest absolute Gasteiger partial charge is 0.357 e. The van der Waals surface area contributed by atoms with E-state index in [-0.39, 0.29) is 24.0 Å². The molecule has 2 saturated heterocycles. The van der Waals surface area contributed by atoms with Crippen LogP contribution >= 0.6 is 35.7 Å². The summed E-state index contributed by atoms with van der Waals surface area (Å²) in [5, 5.41) is 4.28. The van der Waals surface area contributed by atoms with Gasteiger partial charge in [-0.25, -0.2) is 0 Å². The minimum Gasteiger partial charge on any atom is -0.357 e. The molecule has 2 unspecified atom stereocenters. The lowest BCUT2D eigenvalue weighted by Crippen LogP contribution is -2.49. The highest BCUT2D eigenvalue weighted by atomic mass is 127. The maximum absolute atomic E-state index is 5.02. The standard InChI is InChI=1S/C18H34N4S.HI/c1-4-19-18(22-9-10-23-17(13-22)14(2)3)20-11-15-7-8-21(12-15)16-5-6-16;/h14-17H,4-13H2,1-3H3,(H,19,20);1H. The van der Waals surface area contributed by atoms with Crippen molar-refractivity contribution in [2.75, 3.05) is 45.0 Å². The van der Waals surface area contributed by atoms with Crippen LogP contribution in [0, 0.1) is 11.8 Å². The minimum atomic E-state index is 0. The number of nitrogens with zero attached hydrogens (tertiary/aromatic N) is 3. The van der Waals surface area contributed by atoms with Crippen LogP contribution in [0.4, 0.5) is 0 Å². The molecule has 1 saturated carbocycles. The molecule has 1 aliphatic carbocycles. The van der Waals surface area contributed by atoms with E-state index in [2.05, 4.69) is 47.6 Å². The van der Waals surface area contributed by atoms with Crippen molar-refractivity contribution < 1.29 is 0 Å². The summed E-state index contributed by atoms with van der Waals surface area (Å²) in [6.07, 6.45) is 4.20. The highest BCUT2D eigenvalue weighted by molar-refractivity contribution is 14.0. The van der Waals surface area contributed by atoms with Crippen LogP contribution in [-0.2, 0) is 0 Å². The fraction of sp³-hybridized carbons (Fsp3) is 0.944. The molecule has 2 atom stereocenters. The maximum atomic E-state index is 5.02. The molecule has 0 bridgehead atoms. The zero-order valence-corrected chi connectivity index (χ0v) is 18.7. The number of halogens is 1. The van der Waals surface area contributed by atoms with E-state index in [1.165, 1.54) is 38.1 Å². The van der Waals surface area contributed by atoms with Gasteiger partial charge in [-0.1, -0.05) is 13.8 Å². The zero-order valence-electron chi connectivity index (χ0n) is 15.5. The van der Waals surface area contributed by atoms with Crippen LogP contribution in [0.25, 0.3) is 0 Å². The fourth-order valence-electron chi connectivity index (χ4n) is 3.70. The van der Waals surface area contributed by atoms with Crippen molar-refractivity contribution in [3.05, 3.63) is 0 Å². The summed E-state index contributed by atoms with van der Waals surface area (Å²) < 4.78 is 0. The average molecular weight is 466 g/mol. The molecule has 3 aliphatic rings. The number of thioether (sulfide) groups is 1. The number of rotatable bonds is 5. The molecule has 0 aromatic carbocycles. The van der Waals surface area contributed by atoms with Gasteiger partial charge in [-0.2, -0.15) is 11.8 Å². The molecule has 3 rings (SSSR count). The number of likely N-dealkylation sites (tertiary alicyclic amines) is 1. The predicted octanol–water partition coefficient (Wildman–Crippen LogP) is 3.13. The van der Waals surface area contributed by atoms with Crippen molar-refractivity contribution in [2.24, 2.45) is 16.8 Å². The van der Waals surface area contributed by atoms with E-state index in [4.69, 9.17) is 4.99 Å². The quantitative estimate of drug-likeness (QED) is 0.383. The Labute approximate surface area is 169 Å². The van der Waals surface area contributed by atoms with E-state index >= 15 is 0 Å². The van der Waals surface area contributed by atoms with Crippen LogP contribution in [-0.4, -0.2) is 72.1 Å². The lowest BCUT2D eigenvalue weighted by atomic mass is 10.1. The van der Waals surface area contributed by atoms with E-state index in [9.17, 15) is 0 Å². The van der Waals surface area contributed by atoms with Gasteiger partial charge in [0.1, 0.15) is 0 Å². The summed E-state index contributed by atoms with van der Waals surface area (Å²) in [5.41, 5.74) is 0. The maximum Gasteiger partial charge on any atom is 0.193 e. The second-order valence-corrected chi connectivity index (χ2v) is 9.02. The van der Waals surface area contributed by atoms with E-state index < -0.39 is 0 Å². The minimum absolute atomic E-state index is 0. The van der Waals surface area contributed by atoms with Crippen molar-refractivity contribution in [2.45, 2.75) is 51.3 Å². The van der Waals surface area contributed by atoms with E-state index in [1.807, 2.05) is 0 Å². The van der Waals surface area contributed by atoms with Gasteiger partial charge in [-0.05, 0) is 44.6 Å². The molecule has 140 valence electrons. The van der Waals surface area contributed by atoms with Crippen LogP contribution in [0.2, 0.25) is 0 Å². The third-order valence-electron chi connectivity index (χ3n) is 5.35. The third-order valence-corrected chi connectivity index (χ3v) is 6.89. The second-order valence-electron chi connectivity index (χ2n) is 7.67. The summed E-state index contributed by atoms with van der Waals surface area (Å²) in [4.78, 5) is 10.2. The number of nitrogens with one attached hydrogen (secondary N) is 1. The molecule has 2 heterocycles. The Balaban J connectivity index is 0.00000208. The van der Waals surface area contributed by atoms with Crippen molar-refractivity contribution in [3.8, 4) is 0 Å². The number of hydrogen-bond donors (Lipinski definition) is 1. The Morgan fingerprint density at radius 2 is 2.00 bits per heavy atom. The van der Waals surface area contributed by atoms with Gasteiger partial charge in [-0.15, -0.1) is 24.0 Å². The van der Waals surface area contributed by atoms with Crippen molar-refractivity contribution in [1.82, 2.24) is 15.1 Å². The lowest BCUT2D eigenvalue weighted by Gasteiger charge is -2.36. The van der Waals surface area contributed by atoms with E-state index in [1.54, 1.807) is 0 Å². The second kappa shape index (κ2) is 9.86. The van der Waals surface area contributed by atoms with Crippen LogP contribution in [0.3, 0.4) is 0 Å². The van der Waals surface area contributed by atoms with Gasteiger partial charge in [0, 0.05) is 49.8 Å². The van der Waals surface area contributed by atoms with Crippen LogP contribution in [0.1, 0.15) is 40.0 Å². The number of guanidine groups is 1. The average Bonchev–Trinajstić information content (AvgIpc) is 3.30. The number of aliphatic imine (C=N–C) groups is 1. The molecule has 0 amide bonds. The summed E-state index contributed by atoms with van der Waals surface area (Å²) >= 11 is 2.13. The highest BCUT2D eigenvalue weighted by Gasteiger charge is 2.34. The molecule has 6 heteroatoms. The SMILES string of the molecule is CCNC(=NCC1CCN(C2CC2)C1)N1CCSC(C(C)C)C1.I. The van der Waals surface area contributed by atoms with Crippen LogP contribution in [0.5, 0.6) is 0 Å². The fourth-order valence-corrected chi connectivity index (χ4v) is 4.99. The highest BCUT2D eigenvalue weighted by Crippen LogP contribution is 2.31. The Kier molecular flexibility index (Phi) is 8.47. The Hall–Kier alpha value is 0.310. The van der Waals surface area contributed by atoms with Gasteiger partial charge in [0.05, 0.1) is 0 Å². The summed E-state index contributed by atoms with van der Waals surface area (Å²) in [7, 11) is 0. The van der Waals surface area contributed by atoms with Gasteiger partial charge in [0.25, 0.3) is 0 Å². The normalized spacial score (nSPS) is 29.0. The molecule has 4 nitrogen and oxygen atoms in total. The topological polar surface area (TPSA) is 30.9 Å². The lowest BCUT2D eigenvalue weighted by molar-refractivity contribution is 0.315. The van der Waals surface area contributed by atoms with Gasteiger partial charge in [0.15, 0.2) is 5.96 Å². The van der Waals surface area contributed by atoms with Crippen LogP contribution in [0.15, 0.2) is 4.99 Å². The van der Waals surface area contributed by atoms with Crippen molar-refractivity contribution in [3.63, 3.8) is 0 Å². The Bertz CT molecular complexity index is 414. The predicted molar refractivity (Wildman–Crippen MR) is 117 cm³/mol. The molecule has 1 N–H and O–H groups in total. The smallest absolute Gasteiger partial charge is 0.193 e. The van der Waals surface area contributed by atoms with Gasteiger partial charge in [-0.3, -0.25) is 4.99 Å². The molecule has 0 radical (unpaired) electrons. The summed E-state index contributed by atoms with van der Waals surface area (Å²) in [6.45, 7) is 13.7. The summed E-state index contributed by atoms with van der Waals surface area (Å²) in [6, 6.07) is 0.920. The third kappa shape index (κ3) is 5.66. The van der Waals surface area contributed by atoms with Gasteiger partial charge >= 0.3 is 0 Å². The molecular formula is C18H35IN4S. The first-order valence-electron chi connectivity index (χ1n) is 9.56. The monoisotopic (exact) mass is 466 g/mol. The first kappa shape index (κ1) is 20.6. The molecule has 0 aromatic rings. The molecule has 3 fully saturated rings. The van der Waals surface area contributed by atoms with Gasteiger partial charge < -0.3 is 15.1 Å². The molecule has 0 spiro atoms. The first-order valence-corrected chi connectivity index (χ1v) is 10.6. The zero-order chi connectivity index (χ0) is 16.2. The molecule has 2 aliphatic heterocycles. The van der Waals surface area contributed by atoms with Crippen molar-refractivity contribution >= 4 is 41.7 Å². The Morgan fingerprint density at radius 3 is 2.67 bits per heavy atom. The number of hydrogen-bond acceptors (Lipinski definition) is 3. The molecule has 0 aromatic heterocycles. The van der Waals surface area contributed by atoms with Crippen LogP contribution < -0.4 is 5.32 Å². The van der Waals surface area contributed by atoms with E-state index in [0.29, 0.717) is 0 Å². The summed E-state index contributed by atoms with van der Waals surface area (Å²) in [5.74, 6) is 3.90. The molecular weight excluding hydrogens is 431 g/mol. The van der Waals surface area contributed by atoms with Crippen molar-refractivity contribution in [1.29, 1.82) is 0 Å². The van der Waals surface area contributed by atoms with E-state index in [0.717, 1.165) is 55.3 Å². The first-order chi connectivity index (χ1) is 11.2.